The molecule has 9 aromatic rings. The number of benzene rings is 9. The first-order chi connectivity index (χ1) is 28.8. The Morgan fingerprint density at radius 3 is 1.39 bits per heavy atom. The van der Waals surface area contributed by atoms with Crippen LogP contribution in [-0.2, 0) is 10.8 Å². The number of fused-ring (bicyclic) bond motifs is 5. The maximum absolute atomic E-state index is 2.48. The van der Waals surface area contributed by atoms with E-state index >= 15 is 0 Å². The molecule has 0 atom stereocenters. The summed E-state index contributed by atoms with van der Waals surface area (Å²) in [7, 11) is 0. The van der Waals surface area contributed by atoms with E-state index in [0.29, 0.717) is 0 Å². The summed E-state index contributed by atoms with van der Waals surface area (Å²) in [5.41, 5.74) is 21.3. The molecular weight excluding hydrogens is 711 g/mol. The number of hydrogen-bond donors (Lipinski definition) is 0. The van der Waals surface area contributed by atoms with Crippen molar-refractivity contribution in [2.45, 2.75) is 38.5 Å². The number of anilines is 3. The van der Waals surface area contributed by atoms with Gasteiger partial charge in [0, 0.05) is 27.8 Å². The second kappa shape index (κ2) is 13.3. The Morgan fingerprint density at radius 2 is 0.780 bits per heavy atom. The van der Waals surface area contributed by atoms with Gasteiger partial charge in [-0.05, 0) is 126 Å². The molecule has 0 fully saturated rings. The third-order valence-corrected chi connectivity index (χ3v) is 13.3. The standard InChI is InChI=1S/C58H45N/c1-57(2)50-20-12-11-19-47(50)48-33-26-43(36-52(48)57)44-27-34-49-53(37-44)58(3,4)51-21-13-18-42-28-35-54(56(49)55(42)51)59(45-29-22-40(23-30-45)38-14-7-5-8-15-38)46-31-24-41(25-32-46)39-16-9-6-10-17-39/h5-37H,1-4H3. The summed E-state index contributed by atoms with van der Waals surface area (Å²) in [6, 6.07) is 74.3. The van der Waals surface area contributed by atoms with Gasteiger partial charge in [-0.2, -0.15) is 0 Å². The van der Waals surface area contributed by atoms with Crippen molar-refractivity contribution < 1.29 is 0 Å². The normalized spacial score (nSPS) is 14.0. The summed E-state index contributed by atoms with van der Waals surface area (Å²) in [5, 5.41) is 2.60. The van der Waals surface area contributed by atoms with Crippen LogP contribution in [0.25, 0.3) is 66.4 Å². The molecule has 0 N–H and O–H groups in total. The highest BCUT2D eigenvalue weighted by atomic mass is 15.1. The third kappa shape index (κ3) is 5.53. The lowest BCUT2D eigenvalue weighted by atomic mass is 9.67. The smallest absolute Gasteiger partial charge is 0.0546 e. The molecule has 0 saturated heterocycles. The van der Waals surface area contributed by atoms with Crippen molar-refractivity contribution in [2.75, 3.05) is 4.90 Å². The van der Waals surface area contributed by atoms with E-state index in [1.54, 1.807) is 0 Å². The van der Waals surface area contributed by atoms with Crippen molar-refractivity contribution in [3.8, 4) is 55.6 Å². The van der Waals surface area contributed by atoms with Crippen LogP contribution in [0.5, 0.6) is 0 Å². The zero-order valence-corrected chi connectivity index (χ0v) is 34.0. The summed E-state index contributed by atoms with van der Waals surface area (Å²) in [6.07, 6.45) is 0. The predicted molar refractivity (Wildman–Crippen MR) is 250 cm³/mol. The Hall–Kier alpha value is -6.96. The fourth-order valence-corrected chi connectivity index (χ4v) is 10.1. The molecule has 0 bridgehead atoms. The summed E-state index contributed by atoms with van der Waals surface area (Å²) in [6.45, 7) is 9.55. The Bertz CT molecular complexity index is 2980. The lowest BCUT2D eigenvalue weighted by Crippen LogP contribution is -2.24. The van der Waals surface area contributed by atoms with Gasteiger partial charge in [-0.3, -0.25) is 0 Å². The predicted octanol–water partition coefficient (Wildman–Crippen LogP) is 15.9. The van der Waals surface area contributed by atoms with Crippen molar-refractivity contribution in [3.05, 3.63) is 222 Å². The molecule has 0 saturated carbocycles. The third-order valence-electron chi connectivity index (χ3n) is 13.3. The highest BCUT2D eigenvalue weighted by Gasteiger charge is 2.37. The van der Waals surface area contributed by atoms with E-state index in [9.17, 15) is 0 Å². The van der Waals surface area contributed by atoms with E-state index in [2.05, 4.69) is 233 Å². The molecule has 0 spiro atoms. The Kier molecular flexibility index (Phi) is 7.94. The SMILES string of the molecule is CC1(C)c2ccccc2-c2ccc(-c3ccc4c(c3)C(C)(C)c3cccc5ccc(N(c6ccc(-c7ccccc7)cc6)c6ccc(-c7ccccc7)cc6)c-4c35)cc21. The van der Waals surface area contributed by atoms with E-state index in [0.717, 1.165) is 11.4 Å². The fourth-order valence-electron chi connectivity index (χ4n) is 10.1. The van der Waals surface area contributed by atoms with Gasteiger partial charge >= 0.3 is 0 Å². The quantitative estimate of drug-likeness (QED) is 0.163. The Balaban J connectivity index is 1.10. The zero-order chi connectivity index (χ0) is 39.9. The van der Waals surface area contributed by atoms with Crippen LogP contribution in [0.3, 0.4) is 0 Å². The average molecular weight is 756 g/mol. The topological polar surface area (TPSA) is 3.24 Å². The lowest BCUT2D eigenvalue weighted by Gasteiger charge is -2.38. The van der Waals surface area contributed by atoms with Crippen molar-refractivity contribution in [3.63, 3.8) is 0 Å². The maximum Gasteiger partial charge on any atom is 0.0546 e. The molecule has 2 aliphatic carbocycles. The molecule has 9 aromatic carbocycles. The molecule has 0 aromatic heterocycles. The second-order valence-corrected chi connectivity index (χ2v) is 17.3. The largest absolute Gasteiger partial charge is 0.310 e. The molecule has 0 heterocycles. The molecule has 1 nitrogen and oxygen atoms in total. The molecule has 0 aliphatic heterocycles. The van der Waals surface area contributed by atoms with Crippen molar-refractivity contribution >= 4 is 27.8 Å². The molecule has 1 heteroatoms. The van der Waals surface area contributed by atoms with Gasteiger partial charge in [0.05, 0.1) is 5.69 Å². The minimum atomic E-state index is -0.220. The highest BCUT2D eigenvalue weighted by Crippen LogP contribution is 2.55. The average Bonchev–Trinajstić information content (AvgIpc) is 3.52. The molecule has 59 heavy (non-hydrogen) atoms. The summed E-state index contributed by atoms with van der Waals surface area (Å²) < 4.78 is 0. The summed E-state index contributed by atoms with van der Waals surface area (Å²) in [4.78, 5) is 2.46. The fraction of sp³-hybridized carbons (Fsp3) is 0.103. The van der Waals surface area contributed by atoms with Crippen LogP contribution >= 0.6 is 0 Å². The molecule has 0 radical (unpaired) electrons. The van der Waals surface area contributed by atoms with Crippen LogP contribution in [0.15, 0.2) is 200 Å². The molecule has 2 aliphatic rings. The van der Waals surface area contributed by atoms with Crippen LogP contribution < -0.4 is 4.90 Å². The maximum atomic E-state index is 2.48. The summed E-state index contributed by atoms with van der Waals surface area (Å²) >= 11 is 0. The van der Waals surface area contributed by atoms with Crippen molar-refractivity contribution in [1.29, 1.82) is 0 Å². The van der Waals surface area contributed by atoms with Crippen LogP contribution in [0.2, 0.25) is 0 Å². The number of rotatable bonds is 6. The molecule has 0 unspecified atom stereocenters. The minimum absolute atomic E-state index is 0.0546. The van der Waals surface area contributed by atoms with Gasteiger partial charge in [0.15, 0.2) is 0 Å². The van der Waals surface area contributed by atoms with E-state index in [4.69, 9.17) is 0 Å². The number of hydrogen-bond acceptors (Lipinski definition) is 1. The first-order valence-electron chi connectivity index (χ1n) is 20.8. The van der Waals surface area contributed by atoms with Gasteiger partial charge < -0.3 is 4.90 Å². The Morgan fingerprint density at radius 1 is 0.322 bits per heavy atom. The molecule has 11 rings (SSSR count). The first kappa shape index (κ1) is 35.2. The van der Waals surface area contributed by atoms with E-state index < -0.39 is 0 Å². The van der Waals surface area contributed by atoms with Crippen LogP contribution in [0.4, 0.5) is 17.1 Å². The monoisotopic (exact) mass is 755 g/mol. The zero-order valence-electron chi connectivity index (χ0n) is 34.0. The summed E-state index contributed by atoms with van der Waals surface area (Å²) in [5.74, 6) is 0. The number of nitrogens with zero attached hydrogens (tertiary/aromatic N) is 1. The first-order valence-corrected chi connectivity index (χ1v) is 20.8. The van der Waals surface area contributed by atoms with Gasteiger partial charge in [0.25, 0.3) is 0 Å². The van der Waals surface area contributed by atoms with Crippen LogP contribution in [0, 0.1) is 0 Å². The molecular formula is C58H45N. The van der Waals surface area contributed by atoms with Crippen molar-refractivity contribution in [1.82, 2.24) is 0 Å². The van der Waals surface area contributed by atoms with Gasteiger partial charge in [0.2, 0.25) is 0 Å². The minimum Gasteiger partial charge on any atom is -0.310 e. The van der Waals surface area contributed by atoms with E-state index in [-0.39, 0.29) is 10.8 Å². The van der Waals surface area contributed by atoms with Gasteiger partial charge in [-0.15, -0.1) is 0 Å². The van der Waals surface area contributed by atoms with Gasteiger partial charge in [-0.25, -0.2) is 0 Å². The van der Waals surface area contributed by atoms with E-state index in [1.165, 1.54) is 94.3 Å². The van der Waals surface area contributed by atoms with Crippen molar-refractivity contribution in [2.24, 2.45) is 0 Å². The van der Waals surface area contributed by atoms with E-state index in [1.807, 2.05) is 0 Å². The van der Waals surface area contributed by atoms with Crippen LogP contribution in [0.1, 0.15) is 49.9 Å². The Labute approximate surface area is 347 Å². The highest BCUT2D eigenvalue weighted by molar-refractivity contribution is 6.10. The van der Waals surface area contributed by atoms with Gasteiger partial charge in [0.1, 0.15) is 0 Å². The molecule has 0 amide bonds. The van der Waals surface area contributed by atoms with Crippen LogP contribution in [-0.4, -0.2) is 0 Å². The lowest BCUT2D eigenvalue weighted by molar-refractivity contribution is 0.645. The second-order valence-electron chi connectivity index (χ2n) is 17.3. The van der Waals surface area contributed by atoms with Gasteiger partial charge in [-0.1, -0.05) is 185 Å². The molecule has 282 valence electrons.